The van der Waals surface area contributed by atoms with Gasteiger partial charge in [0.2, 0.25) is 10.0 Å². The lowest BCUT2D eigenvalue weighted by Crippen LogP contribution is -2.27. The van der Waals surface area contributed by atoms with Crippen molar-refractivity contribution < 1.29 is 8.42 Å². The van der Waals surface area contributed by atoms with Crippen molar-refractivity contribution in [1.82, 2.24) is 24.5 Å². The zero-order valence-electron chi connectivity index (χ0n) is 14.6. The van der Waals surface area contributed by atoms with Gasteiger partial charge in [-0.15, -0.1) is 0 Å². The SMILES string of the molecule is CC(C)c1nc([C@@H](C)NS(C)(=O)=O)n(-c2cccc3cccnc23)n1. The van der Waals surface area contributed by atoms with Gasteiger partial charge in [-0.1, -0.05) is 32.0 Å². The van der Waals surface area contributed by atoms with E-state index in [0.717, 1.165) is 22.8 Å². The molecular weight excluding hydrogens is 338 g/mol. The fourth-order valence-electron chi connectivity index (χ4n) is 2.68. The van der Waals surface area contributed by atoms with Crippen LogP contribution in [0.2, 0.25) is 0 Å². The van der Waals surface area contributed by atoms with Gasteiger partial charge in [-0.25, -0.2) is 22.8 Å². The molecule has 3 aromatic rings. The Morgan fingerprint density at radius 2 is 1.84 bits per heavy atom. The van der Waals surface area contributed by atoms with Gasteiger partial charge in [0.1, 0.15) is 0 Å². The van der Waals surface area contributed by atoms with Gasteiger partial charge in [0.25, 0.3) is 0 Å². The maximum atomic E-state index is 11.6. The Morgan fingerprint density at radius 3 is 2.52 bits per heavy atom. The molecule has 7 nitrogen and oxygen atoms in total. The molecule has 1 atom stereocenters. The Hall–Kier alpha value is -2.32. The highest BCUT2D eigenvalue weighted by molar-refractivity contribution is 7.88. The first kappa shape index (κ1) is 17.5. The molecule has 0 radical (unpaired) electrons. The third-order valence-electron chi connectivity index (χ3n) is 3.78. The molecule has 0 amide bonds. The third kappa shape index (κ3) is 3.69. The second-order valence-corrected chi connectivity index (χ2v) is 8.14. The Balaban J connectivity index is 2.20. The first-order valence-electron chi connectivity index (χ1n) is 8.04. The van der Waals surface area contributed by atoms with Crippen molar-refractivity contribution >= 4 is 20.9 Å². The molecule has 1 aromatic carbocycles. The van der Waals surface area contributed by atoms with Gasteiger partial charge in [0.05, 0.1) is 23.5 Å². The van der Waals surface area contributed by atoms with E-state index in [1.807, 2.05) is 44.2 Å². The molecule has 8 heteroatoms. The van der Waals surface area contributed by atoms with Crippen LogP contribution >= 0.6 is 0 Å². The summed E-state index contributed by atoms with van der Waals surface area (Å²) in [4.78, 5) is 9.03. The maximum Gasteiger partial charge on any atom is 0.209 e. The van der Waals surface area contributed by atoms with E-state index in [1.54, 1.807) is 17.8 Å². The summed E-state index contributed by atoms with van der Waals surface area (Å²) in [6, 6.07) is 9.14. The summed E-state index contributed by atoms with van der Waals surface area (Å²) in [6.45, 7) is 5.75. The molecular formula is C17H21N5O2S. The summed E-state index contributed by atoms with van der Waals surface area (Å²) in [5.41, 5.74) is 1.56. The van der Waals surface area contributed by atoms with Gasteiger partial charge in [-0.3, -0.25) is 4.98 Å². The van der Waals surface area contributed by atoms with E-state index in [0.29, 0.717) is 11.6 Å². The van der Waals surface area contributed by atoms with Crippen molar-refractivity contribution in [2.24, 2.45) is 0 Å². The highest BCUT2D eigenvalue weighted by Crippen LogP contribution is 2.24. The molecule has 0 fully saturated rings. The molecule has 25 heavy (non-hydrogen) atoms. The van der Waals surface area contributed by atoms with E-state index in [1.165, 1.54) is 0 Å². The predicted octanol–water partition coefficient (Wildman–Crippen LogP) is 2.55. The summed E-state index contributed by atoms with van der Waals surface area (Å²) in [7, 11) is -3.37. The van der Waals surface area contributed by atoms with Crippen LogP contribution in [0.1, 0.15) is 44.4 Å². The standard InChI is InChI=1S/C17H21N5O2S/c1-11(2)16-19-17(12(3)21-25(4,23)24)22(20-16)14-9-5-7-13-8-6-10-18-15(13)14/h5-12,21H,1-4H3/t12-/m1/s1. The first-order valence-corrected chi connectivity index (χ1v) is 9.93. The smallest absolute Gasteiger partial charge is 0.209 e. The number of fused-ring (bicyclic) bond motifs is 1. The van der Waals surface area contributed by atoms with Gasteiger partial charge < -0.3 is 0 Å². The highest BCUT2D eigenvalue weighted by Gasteiger charge is 2.22. The van der Waals surface area contributed by atoms with E-state index in [2.05, 4.69) is 19.8 Å². The lowest BCUT2D eigenvalue weighted by atomic mass is 10.2. The fourth-order valence-corrected chi connectivity index (χ4v) is 3.42. The third-order valence-corrected chi connectivity index (χ3v) is 4.56. The van der Waals surface area contributed by atoms with Crippen molar-refractivity contribution in [1.29, 1.82) is 0 Å². The minimum absolute atomic E-state index is 0.119. The number of sulfonamides is 1. The number of para-hydroxylation sites is 1. The minimum Gasteiger partial charge on any atom is -0.254 e. The summed E-state index contributed by atoms with van der Waals surface area (Å²) in [6.07, 6.45) is 2.86. The van der Waals surface area contributed by atoms with Crippen LogP contribution in [-0.4, -0.2) is 34.4 Å². The molecule has 3 rings (SSSR count). The van der Waals surface area contributed by atoms with Crippen LogP contribution in [0.4, 0.5) is 0 Å². The van der Waals surface area contributed by atoms with Crippen molar-refractivity contribution in [3.05, 3.63) is 48.2 Å². The Morgan fingerprint density at radius 1 is 1.12 bits per heavy atom. The van der Waals surface area contributed by atoms with Crippen molar-refractivity contribution in [2.45, 2.75) is 32.7 Å². The Kier molecular flexibility index (Phi) is 4.57. The second kappa shape index (κ2) is 6.53. The number of nitrogens with one attached hydrogen (secondary N) is 1. The average molecular weight is 359 g/mol. The fraction of sp³-hybridized carbons (Fsp3) is 0.353. The second-order valence-electron chi connectivity index (χ2n) is 6.36. The molecule has 0 unspecified atom stereocenters. The summed E-state index contributed by atoms with van der Waals surface area (Å²) < 4.78 is 27.5. The molecule has 0 aliphatic heterocycles. The Bertz CT molecular complexity index is 1010. The number of pyridine rings is 1. The largest absolute Gasteiger partial charge is 0.254 e. The van der Waals surface area contributed by atoms with Crippen LogP contribution in [0, 0.1) is 0 Å². The molecule has 0 spiro atoms. The predicted molar refractivity (Wildman–Crippen MR) is 97.1 cm³/mol. The van der Waals surface area contributed by atoms with Crippen LogP contribution < -0.4 is 4.72 Å². The van der Waals surface area contributed by atoms with Crippen molar-refractivity contribution in [3.8, 4) is 5.69 Å². The number of aromatic nitrogens is 4. The van der Waals surface area contributed by atoms with Gasteiger partial charge in [0.15, 0.2) is 11.6 Å². The van der Waals surface area contributed by atoms with Crippen LogP contribution in [0.25, 0.3) is 16.6 Å². The summed E-state index contributed by atoms with van der Waals surface area (Å²) in [5.74, 6) is 1.31. The number of benzene rings is 1. The lowest BCUT2D eigenvalue weighted by Gasteiger charge is -2.14. The van der Waals surface area contributed by atoms with Crippen LogP contribution in [0.3, 0.4) is 0 Å². The zero-order valence-corrected chi connectivity index (χ0v) is 15.4. The van der Waals surface area contributed by atoms with E-state index in [4.69, 9.17) is 0 Å². The van der Waals surface area contributed by atoms with Crippen molar-refractivity contribution in [2.75, 3.05) is 6.26 Å². The topological polar surface area (TPSA) is 89.8 Å². The number of hydrogen-bond acceptors (Lipinski definition) is 5. The molecule has 0 saturated heterocycles. The summed E-state index contributed by atoms with van der Waals surface area (Å²) >= 11 is 0. The normalized spacial score (nSPS) is 13.5. The minimum atomic E-state index is -3.37. The van der Waals surface area contributed by atoms with Gasteiger partial charge in [-0.2, -0.15) is 5.10 Å². The molecule has 2 aromatic heterocycles. The monoisotopic (exact) mass is 359 g/mol. The number of hydrogen-bond donors (Lipinski definition) is 1. The van der Waals surface area contributed by atoms with E-state index in [9.17, 15) is 8.42 Å². The van der Waals surface area contributed by atoms with Crippen LogP contribution in [0.5, 0.6) is 0 Å². The van der Waals surface area contributed by atoms with E-state index >= 15 is 0 Å². The molecule has 2 heterocycles. The molecule has 0 aliphatic rings. The summed E-state index contributed by atoms with van der Waals surface area (Å²) in [5, 5.41) is 5.59. The molecule has 1 N–H and O–H groups in total. The molecule has 0 bridgehead atoms. The van der Waals surface area contributed by atoms with Crippen LogP contribution in [0.15, 0.2) is 36.5 Å². The van der Waals surface area contributed by atoms with E-state index < -0.39 is 16.1 Å². The van der Waals surface area contributed by atoms with E-state index in [-0.39, 0.29) is 5.92 Å². The number of nitrogens with zero attached hydrogens (tertiary/aromatic N) is 4. The van der Waals surface area contributed by atoms with Gasteiger partial charge in [-0.05, 0) is 19.1 Å². The highest BCUT2D eigenvalue weighted by atomic mass is 32.2. The zero-order chi connectivity index (χ0) is 18.2. The Labute approximate surface area is 147 Å². The van der Waals surface area contributed by atoms with Crippen LogP contribution in [-0.2, 0) is 10.0 Å². The maximum absolute atomic E-state index is 11.6. The van der Waals surface area contributed by atoms with Gasteiger partial charge in [0, 0.05) is 17.5 Å². The average Bonchev–Trinajstić information content (AvgIpc) is 2.98. The van der Waals surface area contributed by atoms with Crippen molar-refractivity contribution in [3.63, 3.8) is 0 Å². The molecule has 132 valence electrons. The number of rotatable bonds is 5. The molecule has 0 aliphatic carbocycles. The van der Waals surface area contributed by atoms with Gasteiger partial charge >= 0.3 is 0 Å². The molecule has 0 saturated carbocycles. The first-order chi connectivity index (χ1) is 11.8. The quantitative estimate of drug-likeness (QED) is 0.756. The lowest BCUT2D eigenvalue weighted by molar-refractivity contribution is 0.560.